The van der Waals surface area contributed by atoms with Crippen LogP contribution in [0.2, 0.25) is 0 Å². The van der Waals surface area contributed by atoms with E-state index in [2.05, 4.69) is 20.5 Å². The van der Waals surface area contributed by atoms with Crippen molar-refractivity contribution in [2.45, 2.75) is 9.79 Å². The lowest BCUT2D eigenvalue weighted by Gasteiger charge is -2.09. The van der Waals surface area contributed by atoms with Crippen LogP contribution in [0.3, 0.4) is 0 Å². The number of rotatable bonds is 7. The molecule has 0 aromatic heterocycles. The lowest BCUT2D eigenvalue weighted by molar-refractivity contribution is 0.416. The van der Waals surface area contributed by atoms with E-state index in [1.165, 1.54) is 55.6 Å². The van der Waals surface area contributed by atoms with E-state index in [4.69, 9.17) is 10.5 Å². The fraction of sp³-hybridized carbons (Fsp3) is 0.0435. The molecule has 0 radical (unpaired) electrons. The molecule has 0 saturated carbocycles. The van der Waals surface area contributed by atoms with Gasteiger partial charge < -0.3 is 15.6 Å². The van der Waals surface area contributed by atoms with Crippen molar-refractivity contribution in [2.75, 3.05) is 12.8 Å². The van der Waals surface area contributed by atoms with Crippen LogP contribution in [-0.4, -0.2) is 38.2 Å². The van der Waals surface area contributed by atoms with Gasteiger partial charge in [-0.05, 0) is 48.5 Å². The minimum Gasteiger partial charge on any atom is -0.507 e. The van der Waals surface area contributed by atoms with Crippen LogP contribution in [0.5, 0.6) is 11.5 Å². The number of phenolic OH excluding ortho intramolecular Hbond substituents is 1. The maximum atomic E-state index is 11.6. The number of ether oxygens (including phenoxy) is 1. The van der Waals surface area contributed by atoms with E-state index in [-0.39, 0.29) is 44.2 Å². The third kappa shape index (κ3) is 5.76. The molecule has 0 heterocycles. The van der Waals surface area contributed by atoms with Crippen LogP contribution in [-0.2, 0) is 20.2 Å². The fourth-order valence-electron chi connectivity index (χ4n) is 3.42. The van der Waals surface area contributed by atoms with E-state index in [1.807, 2.05) is 0 Å². The van der Waals surface area contributed by atoms with Gasteiger partial charge in [-0.2, -0.15) is 27.1 Å². The zero-order valence-corrected chi connectivity index (χ0v) is 21.0. The summed E-state index contributed by atoms with van der Waals surface area (Å²) in [7, 11) is -7.62. The highest BCUT2D eigenvalue weighted by Crippen LogP contribution is 2.40. The van der Waals surface area contributed by atoms with Gasteiger partial charge in [0.05, 0.1) is 34.0 Å². The van der Waals surface area contributed by atoms with Crippen LogP contribution in [0.4, 0.5) is 28.4 Å². The molecule has 5 N–H and O–H groups in total. The highest BCUT2D eigenvalue weighted by Gasteiger charge is 2.17. The quantitative estimate of drug-likeness (QED) is 0.129. The third-order valence-corrected chi connectivity index (χ3v) is 6.88. The van der Waals surface area contributed by atoms with Gasteiger partial charge >= 0.3 is 0 Å². The van der Waals surface area contributed by atoms with E-state index in [9.17, 15) is 31.0 Å². The molecule has 0 unspecified atom stereocenters. The molecule has 0 amide bonds. The monoisotopic (exact) mass is 557 g/mol. The van der Waals surface area contributed by atoms with Crippen molar-refractivity contribution in [3.63, 3.8) is 0 Å². The van der Waals surface area contributed by atoms with Crippen molar-refractivity contribution < 1.29 is 35.8 Å². The fourth-order valence-corrected chi connectivity index (χ4v) is 4.47. The Hall–Kier alpha value is -4.44. The second-order valence-corrected chi connectivity index (χ2v) is 10.6. The van der Waals surface area contributed by atoms with Crippen LogP contribution >= 0.6 is 0 Å². The van der Waals surface area contributed by atoms with Crippen molar-refractivity contribution in [2.24, 2.45) is 20.5 Å². The molecular formula is C23H19N5O8S2. The van der Waals surface area contributed by atoms with Crippen LogP contribution in [0.1, 0.15) is 0 Å². The summed E-state index contributed by atoms with van der Waals surface area (Å²) in [5, 5.41) is 26.9. The van der Waals surface area contributed by atoms with E-state index in [1.54, 1.807) is 0 Å². The molecule has 196 valence electrons. The smallest absolute Gasteiger partial charge is 0.294 e. The normalized spacial score (nSPS) is 12.5. The summed E-state index contributed by atoms with van der Waals surface area (Å²) in [6, 6.07) is 14.7. The second-order valence-electron chi connectivity index (χ2n) is 7.74. The lowest BCUT2D eigenvalue weighted by atomic mass is 10.1. The van der Waals surface area contributed by atoms with Gasteiger partial charge in [0.2, 0.25) is 0 Å². The Morgan fingerprint density at radius 2 is 1.37 bits per heavy atom. The maximum Gasteiger partial charge on any atom is 0.294 e. The molecule has 38 heavy (non-hydrogen) atoms. The molecule has 0 saturated heterocycles. The molecule has 0 spiro atoms. The first-order chi connectivity index (χ1) is 17.9. The van der Waals surface area contributed by atoms with Gasteiger partial charge in [-0.1, -0.05) is 6.07 Å². The van der Waals surface area contributed by atoms with Crippen molar-refractivity contribution >= 4 is 59.4 Å². The number of nitrogen functional groups attached to an aromatic ring is 1. The number of nitrogens with zero attached hydrogens (tertiary/aromatic N) is 4. The number of azo groups is 2. The number of methoxy groups -OCH3 is 1. The third-order valence-electron chi connectivity index (χ3n) is 5.20. The molecular weight excluding hydrogens is 538 g/mol. The molecule has 4 aromatic rings. The molecule has 13 nitrogen and oxygen atoms in total. The Morgan fingerprint density at radius 3 is 2.03 bits per heavy atom. The van der Waals surface area contributed by atoms with Crippen molar-refractivity contribution in [1.29, 1.82) is 0 Å². The first-order valence-corrected chi connectivity index (χ1v) is 13.4. The summed E-state index contributed by atoms with van der Waals surface area (Å²) >= 11 is 0. The SMILES string of the molecule is COc1cc(N=Nc2cccc(S(=O)(=O)O)c2)ccc1N=Nc1ccc(N)c2c(O)cc(S(=O)(=O)O)cc12. The van der Waals surface area contributed by atoms with Gasteiger partial charge in [-0.25, -0.2) is 0 Å². The average molecular weight is 558 g/mol. The highest BCUT2D eigenvalue weighted by molar-refractivity contribution is 7.86. The number of anilines is 1. The Bertz CT molecular complexity index is 1840. The number of phenols is 1. The minimum atomic E-state index is -4.62. The predicted octanol–water partition coefficient (Wildman–Crippen LogP) is 5.46. The number of hydrogen-bond donors (Lipinski definition) is 4. The Labute approximate surface area is 216 Å². The summed E-state index contributed by atoms with van der Waals surface area (Å²) in [4.78, 5) is -0.867. The van der Waals surface area contributed by atoms with Crippen LogP contribution < -0.4 is 10.5 Å². The van der Waals surface area contributed by atoms with E-state index in [0.717, 1.165) is 18.2 Å². The van der Waals surface area contributed by atoms with Gasteiger partial charge in [0.25, 0.3) is 20.2 Å². The van der Waals surface area contributed by atoms with E-state index in [0.29, 0.717) is 5.69 Å². The first kappa shape index (κ1) is 26.6. The second kappa shape index (κ2) is 10.1. The van der Waals surface area contributed by atoms with Gasteiger partial charge in [-0.15, -0.1) is 10.2 Å². The summed E-state index contributed by atoms with van der Waals surface area (Å²) in [5.41, 5.74) is 7.02. The van der Waals surface area contributed by atoms with Crippen molar-refractivity contribution in [3.8, 4) is 11.5 Å². The number of fused-ring (bicyclic) bond motifs is 1. The Balaban J connectivity index is 1.68. The predicted molar refractivity (Wildman–Crippen MR) is 137 cm³/mol. The van der Waals surface area contributed by atoms with E-state index < -0.39 is 30.9 Å². The molecule has 0 atom stereocenters. The van der Waals surface area contributed by atoms with E-state index >= 15 is 0 Å². The molecule has 15 heteroatoms. The molecule has 0 bridgehead atoms. The van der Waals surface area contributed by atoms with Crippen LogP contribution in [0, 0.1) is 0 Å². The molecule has 0 aliphatic rings. The summed E-state index contributed by atoms with van der Waals surface area (Å²) in [5.74, 6) is -0.211. The topological polar surface area (TPSA) is 214 Å². The Morgan fingerprint density at radius 1 is 0.737 bits per heavy atom. The highest BCUT2D eigenvalue weighted by atomic mass is 32.2. The van der Waals surface area contributed by atoms with Crippen molar-refractivity contribution in [1.82, 2.24) is 0 Å². The Kier molecular flexibility index (Phi) is 7.10. The largest absolute Gasteiger partial charge is 0.507 e. The van der Waals surface area contributed by atoms with Gasteiger partial charge in [0.15, 0.2) is 0 Å². The van der Waals surface area contributed by atoms with Crippen molar-refractivity contribution in [3.05, 3.63) is 66.7 Å². The van der Waals surface area contributed by atoms with Gasteiger partial charge in [0.1, 0.15) is 17.2 Å². The molecule has 4 rings (SSSR count). The standard InChI is InChI=1S/C23H19N5O8S2/c1-36-22-10-14(26-25-13-3-2-4-15(9-13)37(30,31)32)5-7-20(22)28-27-19-8-6-18(24)23-17(19)11-16(12-21(23)29)38(33,34)35/h2-12,29H,24H2,1H3,(H,30,31,32)(H,33,34,35). The van der Waals surface area contributed by atoms with Crippen LogP contribution in [0.25, 0.3) is 10.8 Å². The average Bonchev–Trinajstić information content (AvgIpc) is 2.86. The van der Waals surface area contributed by atoms with Crippen LogP contribution in [0.15, 0.2) is 97.0 Å². The number of nitrogens with two attached hydrogens (primary N) is 1. The molecule has 4 aromatic carbocycles. The van der Waals surface area contributed by atoms with Gasteiger partial charge in [0, 0.05) is 28.6 Å². The minimum absolute atomic E-state index is 0.134. The maximum absolute atomic E-state index is 11.6. The lowest BCUT2D eigenvalue weighted by Crippen LogP contribution is -1.98. The summed E-state index contributed by atoms with van der Waals surface area (Å²) in [6.45, 7) is 0. The zero-order valence-electron chi connectivity index (χ0n) is 19.4. The summed E-state index contributed by atoms with van der Waals surface area (Å²) < 4.78 is 69.7. The summed E-state index contributed by atoms with van der Waals surface area (Å²) in [6.07, 6.45) is 0. The molecule has 0 fully saturated rings. The number of hydrogen-bond acceptors (Lipinski definition) is 11. The number of benzene rings is 4. The molecule has 0 aliphatic heterocycles. The first-order valence-electron chi connectivity index (χ1n) is 10.5. The zero-order chi connectivity index (χ0) is 27.7. The molecule has 0 aliphatic carbocycles. The number of aromatic hydroxyl groups is 1. The van der Waals surface area contributed by atoms with Gasteiger partial charge in [-0.3, -0.25) is 9.11 Å².